The van der Waals surface area contributed by atoms with Crippen LogP contribution in [-0.2, 0) is 22.6 Å². The van der Waals surface area contributed by atoms with Crippen LogP contribution in [0.1, 0.15) is 61.1 Å². The second-order valence-electron chi connectivity index (χ2n) is 6.98. The number of benzene rings is 1. The van der Waals surface area contributed by atoms with E-state index in [-0.39, 0.29) is 18.6 Å². The van der Waals surface area contributed by atoms with Crippen LogP contribution in [0, 0.1) is 0 Å². The molecule has 0 saturated heterocycles. The molecule has 0 amide bonds. The second-order valence-corrected chi connectivity index (χ2v) is 6.98. The third-order valence-corrected chi connectivity index (χ3v) is 4.75. The van der Waals surface area contributed by atoms with Crippen molar-refractivity contribution in [3.05, 3.63) is 59.5 Å². The molecule has 3 rings (SSSR count). The van der Waals surface area contributed by atoms with Gasteiger partial charge in [-0.25, -0.2) is 9.50 Å². The van der Waals surface area contributed by atoms with Gasteiger partial charge in [-0.15, -0.1) is 0 Å². The summed E-state index contributed by atoms with van der Waals surface area (Å²) in [7, 11) is 0. The Bertz CT molecular complexity index is 998. The van der Waals surface area contributed by atoms with Gasteiger partial charge in [0.2, 0.25) is 0 Å². The van der Waals surface area contributed by atoms with E-state index >= 15 is 0 Å². The maximum absolute atomic E-state index is 13.1. The predicted octanol–water partition coefficient (Wildman–Crippen LogP) is 4.18. The highest BCUT2D eigenvalue weighted by atomic mass is 16.5. The maximum Gasteiger partial charge on any atom is 0.306 e. The molecule has 0 spiro atoms. The van der Waals surface area contributed by atoms with Crippen molar-refractivity contribution in [1.82, 2.24) is 14.6 Å². The van der Waals surface area contributed by atoms with E-state index in [0.29, 0.717) is 30.2 Å². The van der Waals surface area contributed by atoms with E-state index in [1.165, 1.54) is 6.33 Å². The third kappa shape index (κ3) is 5.23. The number of fused-ring (bicyclic) bond motifs is 1. The van der Waals surface area contributed by atoms with Crippen molar-refractivity contribution >= 4 is 17.4 Å². The molecule has 0 aliphatic heterocycles. The van der Waals surface area contributed by atoms with Gasteiger partial charge in [0, 0.05) is 18.2 Å². The van der Waals surface area contributed by atoms with Crippen molar-refractivity contribution in [2.45, 2.75) is 52.6 Å². The van der Waals surface area contributed by atoms with Crippen LogP contribution in [0.2, 0.25) is 0 Å². The van der Waals surface area contributed by atoms with Gasteiger partial charge in [0.05, 0.1) is 13.0 Å². The molecule has 7 heteroatoms. The predicted molar refractivity (Wildman–Crippen MR) is 113 cm³/mol. The lowest BCUT2D eigenvalue weighted by Gasteiger charge is -2.15. The number of rotatable bonds is 11. The van der Waals surface area contributed by atoms with E-state index in [2.05, 4.69) is 17.0 Å². The van der Waals surface area contributed by atoms with E-state index in [0.717, 1.165) is 30.5 Å². The number of Topliss-reactive ketones (excluding diaryl/α,β-unsaturated/α-hetero) is 1. The fourth-order valence-electron chi connectivity index (χ4n) is 3.24. The van der Waals surface area contributed by atoms with Gasteiger partial charge < -0.3 is 9.47 Å². The molecule has 0 atom stereocenters. The first-order valence-electron chi connectivity index (χ1n) is 10.3. The highest BCUT2D eigenvalue weighted by Crippen LogP contribution is 2.28. The molecule has 0 radical (unpaired) electrons. The molecule has 158 valence electrons. The van der Waals surface area contributed by atoms with Crippen LogP contribution < -0.4 is 4.74 Å². The molecule has 1 aromatic carbocycles. The first kappa shape index (κ1) is 21.5. The van der Waals surface area contributed by atoms with Gasteiger partial charge >= 0.3 is 5.97 Å². The van der Waals surface area contributed by atoms with Gasteiger partial charge in [-0.3, -0.25) is 9.59 Å². The Balaban J connectivity index is 1.94. The summed E-state index contributed by atoms with van der Waals surface area (Å²) in [5.41, 5.74) is 2.75. The van der Waals surface area contributed by atoms with Crippen molar-refractivity contribution in [3.63, 3.8) is 0 Å². The largest absolute Gasteiger partial charge is 0.488 e. The number of esters is 1. The zero-order valence-corrected chi connectivity index (χ0v) is 17.5. The second kappa shape index (κ2) is 10.5. The molecule has 30 heavy (non-hydrogen) atoms. The summed E-state index contributed by atoms with van der Waals surface area (Å²) in [6, 6.07) is 11.6. The lowest BCUT2D eigenvalue weighted by molar-refractivity contribution is -0.143. The minimum Gasteiger partial charge on any atom is -0.488 e. The summed E-state index contributed by atoms with van der Waals surface area (Å²) < 4.78 is 12.7. The number of pyridine rings is 1. The monoisotopic (exact) mass is 409 g/mol. The summed E-state index contributed by atoms with van der Waals surface area (Å²) in [5.74, 6) is -0.139. The summed E-state index contributed by atoms with van der Waals surface area (Å²) in [6.45, 7) is 4.48. The highest BCUT2D eigenvalue weighted by molar-refractivity contribution is 6.05. The number of nitrogens with zero attached hydrogens (tertiary/aromatic N) is 3. The molecular weight excluding hydrogens is 382 g/mol. The Hall–Kier alpha value is -3.22. The molecule has 0 unspecified atom stereocenters. The number of unbranched alkanes of at least 4 members (excludes halogenated alkanes) is 1. The summed E-state index contributed by atoms with van der Waals surface area (Å²) in [4.78, 5) is 29.1. The zero-order chi connectivity index (χ0) is 21.3. The Morgan fingerprint density at radius 1 is 1.10 bits per heavy atom. The summed E-state index contributed by atoms with van der Waals surface area (Å²) >= 11 is 0. The Kier molecular flexibility index (Phi) is 7.54. The SMILES string of the molecule is CCCCc1cc(OCc2ccccc2)c(C(=O)CCC(=O)OCC)c2ncnn12. The number of ketones is 1. The van der Waals surface area contributed by atoms with Crippen LogP contribution in [-0.4, -0.2) is 33.0 Å². The Morgan fingerprint density at radius 2 is 1.90 bits per heavy atom. The topological polar surface area (TPSA) is 82.8 Å². The molecular formula is C23H27N3O4. The average molecular weight is 409 g/mol. The van der Waals surface area contributed by atoms with Gasteiger partial charge in [0.1, 0.15) is 24.2 Å². The minimum atomic E-state index is -0.394. The number of hydrogen-bond donors (Lipinski definition) is 0. The van der Waals surface area contributed by atoms with Crippen LogP contribution in [0.4, 0.5) is 0 Å². The fraction of sp³-hybridized carbons (Fsp3) is 0.391. The smallest absolute Gasteiger partial charge is 0.306 e. The minimum absolute atomic E-state index is 0.0165. The fourth-order valence-corrected chi connectivity index (χ4v) is 3.24. The van der Waals surface area contributed by atoms with Crippen molar-refractivity contribution in [2.75, 3.05) is 6.61 Å². The molecule has 0 saturated carbocycles. The van der Waals surface area contributed by atoms with Crippen LogP contribution in [0.3, 0.4) is 0 Å². The van der Waals surface area contributed by atoms with Crippen molar-refractivity contribution in [1.29, 1.82) is 0 Å². The van der Waals surface area contributed by atoms with Gasteiger partial charge in [-0.1, -0.05) is 43.7 Å². The zero-order valence-electron chi connectivity index (χ0n) is 17.5. The first-order chi connectivity index (χ1) is 14.6. The number of aryl methyl sites for hydroxylation is 1. The first-order valence-corrected chi connectivity index (χ1v) is 10.3. The Labute approximate surface area is 176 Å². The summed E-state index contributed by atoms with van der Waals surface area (Å²) in [5, 5.41) is 4.30. The number of carbonyl (C=O) groups is 2. The molecule has 2 heterocycles. The maximum atomic E-state index is 13.1. The van der Waals surface area contributed by atoms with Crippen LogP contribution in [0.5, 0.6) is 5.75 Å². The molecule has 0 fully saturated rings. The molecule has 7 nitrogen and oxygen atoms in total. The normalized spacial score (nSPS) is 10.9. The van der Waals surface area contributed by atoms with E-state index < -0.39 is 5.97 Å². The van der Waals surface area contributed by atoms with Crippen LogP contribution in [0.15, 0.2) is 42.7 Å². The molecule has 0 aliphatic rings. The summed E-state index contributed by atoms with van der Waals surface area (Å²) in [6.07, 6.45) is 4.31. The molecule has 0 bridgehead atoms. The highest BCUT2D eigenvalue weighted by Gasteiger charge is 2.22. The van der Waals surface area contributed by atoms with Crippen LogP contribution >= 0.6 is 0 Å². The van der Waals surface area contributed by atoms with Gasteiger partial charge in [0.25, 0.3) is 0 Å². The molecule has 0 N–H and O–H groups in total. The number of ether oxygens (including phenoxy) is 2. The van der Waals surface area contributed by atoms with E-state index in [9.17, 15) is 9.59 Å². The Morgan fingerprint density at radius 3 is 2.63 bits per heavy atom. The number of aromatic nitrogens is 3. The number of hydrogen-bond acceptors (Lipinski definition) is 6. The van der Waals surface area contributed by atoms with Gasteiger partial charge in [0.15, 0.2) is 11.4 Å². The van der Waals surface area contributed by atoms with Gasteiger partial charge in [-0.2, -0.15) is 5.10 Å². The molecule has 2 aromatic heterocycles. The standard InChI is InChI=1S/C23H27N3O4/c1-3-5-11-18-14-20(30-15-17-9-7-6-8-10-17)22(23-24-16-25-26(18)23)19(27)12-13-21(28)29-4-2/h6-10,14,16H,3-5,11-13,15H2,1-2H3. The molecule has 3 aromatic rings. The molecule has 0 aliphatic carbocycles. The average Bonchev–Trinajstić information content (AvgIpc) is 3.25. The van der Waals surface area contributed by atoms with Crippen molar-refractivity contribution in [2.24, 2.45) is 0 Å². The van der Waals surface area contributed by atoms with E-state index in [4.69, 9.17) is 9.47 Å². The quantitative estimate of drug-likeness (QED) is 0.349. The number of carbonyl (C=O) groups excluding carboxylic acids is 2. The van der Waals surface area contributed by atoms with Crippen LogP contribution in [0.25, 0.3) is 5.65 Å². The van der Waals surface area contributed by atoms with E-state index in [1.807, 2.05) is 36.4 Å². The lowest BCUT2D eigenvalue weighted by Crippen LogP contribution is -2.13. The third-order valence-electron chi connectivity index (χ3n) is 4.75. The van der Waals surface area contributed by atoms with Gasteiger partial charge in [-0.05, 0) is 25.3 Å². The van der Waals surface area contributed by atoms with E-state index in [1.54, 1.807) is 11.4 Å². The van der Waals surface area contributed by atoms with Crippen molar-refractivity contribution in [3.8, 4) is 5.75 Å². The lowest BCUT2D eigenvalue weighted by atomic mass is 10.0. The van der Waals surface area contributed by atoms with Crippen molar-refractivity contribution < 1.29 is 19.1 Å².